The molecule has 0 aromatic heterocycles. The summed E-state index contributed by atoms with van der Waals surface area (Å²) in [5.41, 5.74) is 2.28. The van der Waals surface area contributed by atoms with Crippen molar-refractivity contribution in [3.05, 3.63) is 29.6 Å². The average Bonchev–Trinajstić information content (AvgIpc) is 2.48. The molecule has 2 atom stereocenters. The van der Waals surface area contributed by atoms with E-state index in [4.69, 9.17) is 0 Å². The highest BCUT2D eigenvalue weighted by Gasteiger charge is 2.36. The van der Waals surface area contributed by atoms with Gasteiger partial charge in [0.2, 0.25) is 0 Å². The molecule has 0 saturated carbocycles. The Morgan fingerprint density at radius 3 is 2.76 bits per heavy atom. The van der Waals surface area contributed by atoms with E-state index in [9.17, 15) is 4.39 Å². The number of piperazine rings is 1. The third-order valence-corrected chi connectivity index (χ3v) is 5.23. The van der Waals surface area contributed by atoms with Crippen LogP contribution in [0.5, 0.6) is 0 Å². The van der Waals surface area contributed by atoms with Crippen molar-refractivity contribution in [2.24, 2.45) is 5.92 Å². The van der Waals surface area contributed by atoms with Crippen LogP contribution in [0.4, 0.5) is 10.1 Å². The first kappa shape index (κ1) is 14.8. The smallest absolute Gasteiger partial charge is 0.125 e. The van der Waals surface area contributed by atoms with Gasteiger partial charge in [-0.1, -0.05) is 26.3 Å². The molecule has 2 fully saturated rings. The van der Waals surface area contributed by atoms with Gasteiger partial charge in [-0.05, 0) is 49.9 Å². The predicted molar refractivity (Wildman–Crippen MR) is 86.3 cm³/mol. The van der Waals surface area contributed by atoms with Gasteiger partial charge >= 0.3 is 0 Å². The molecule has 0 bridgehead atoms. The van der Waals surface area contributed by atoms with E-state index in [-0.39, 0.29) is 5.82 Å². The molecule has 2 saturated heterocycles. The van der Waals surface area contributed by atoms with E-state index in [1.54, 1.807) is 12.1 Å². The van der Waals surface area contributed by atoms with Crippen LogP contribution in [0, 0.1) is 18.7 Å². The van der Waals surface area contributed by atoms with Crippen LogP contribution in [0.2, 0.25) is 0 Å². The SMILES string of the molecule is Cc1ccc(F)cc1N1CC2CCCCN2CC1C(C)C. The molecule has 2 unspecified atom stereocenters. The number of halogens is 1. The molecule has 3 heteroatoms. The molecule has 3 rings (SSSR count). The lowest BCUT2D eigenvalue weighted by Crippen LogP contribution is -2.61. The third-order valence-electron chi connectivity index (χ3n) is 5.23. The number of piperidine rings is 1. The van der Waals surface area contributed by atoms with Crippen molar-refractivity contribution in [2.45, 2.75) is 52.1 Å². The zero-order valence-electron chi connectivity index (χ0n) is 13.5. The summed E-state index contributed by atoms with van der Waals surface area (Å²) < 4.78 is 13.7. The topological polar surface area (TPSA) is 6.48 Å². The van der Waals surface area contributed by atoms with Crippen LogP contribution in [0.15, 0.2) is 18.2 Å². The van der Waals surface area contributed by atoms with Gasteiger partial charge in [-0.3, -0.25) is 4.90 Å². The summed E-state index contributed by atoms with van der Waals surface area (Å²) >= 11 is 0. The number of nitrogens with zero attached hydrogens (tertiary/aromatic N) is 2. The van der Waals surface area contributed by atoms with Gasteiger partial charge in [0.05, 0.1) is 0 Å². The summed E-state index contributed by atoms with van der Waals surface area (Å²) in [5.74, 6) is 0.458. The first-order chi connectivity index (χ1) is 10.1. The molecule has 21 heavy (non-hydrogen) atoms. The number of aryl methyl sites for hydroxylation is 1. The number of anilines is 1. The number of fused-ring (bicyclic) bond motifs is 1. The van der Waals surface area contributed by atoms with E-state index in [0.29, 0.717) is 18.0 Å². The van der Waals surface area contributed by atoms with Gasteiger partial charge in [-0.2, -0.15) is 0 Å². The van der Waals surface area contributed by atoms with Gasteiger partial charge in [-0.25, -0.2) is 4.39 Å². The molecule has 2 nitrogen and oxygen atoms in total. The second-order valence-corrected chi connectivity index (χ2v) is 7.04. The first-order valence-corrected chi connectivity index (χ1v) is 8.33. The van der Waals surface area contributed by atoms with E-state index in [2.05, 4.69) is 30.6 Å². The van der Waals surface area contributed by atoms with E-state index >= 15 is 0 Å². The molecular formula is C18H27FN2. The molecule has 0 amide bonds. The highest BCUT2D eigenvalue weighted by molar-refractivity contribution is 5.55. The van der Waals surface area contributed by atoms with Gasteiger partial charge in [-0.15, -0.1) is 0 Å². The second-order valence-electron chi connectivity index (χ2n) is 7.04. The molecule has 2 aliphatic heterocycles. The van der Waals surface area contributed by atoms with Gasteiger partial charge in [0.15, 0.2) is 0 Å². The van der Waals surface area contributed by atoms with Gasteiger partial charge in [0.25, 0.3) is 0 Å². The van der Waals surface area contributed by atoms with Crippen LogP contribution in [0.3, 0.4) is 0 Å². The van der Waals surface area contributed by atoms with Crippen molar-refractivity contribution in [3.63, 3.8) is 0 Å². The predicted octanol–water partition coefficient (Wildman–Crippen LogP) is 3.83. The van der Waals surface area contributed by atoms with Gasteiger partial charge in [0.1, 0.15) is 5.82 Å². The van der Waals surface area contributed by atoms with Crippen molar-refractivity contribution in [1.29, 1.82) is 0 Å². The van der Waals surface area contributed by atoms with Crippen LogP contribution in [0.25, 0.3) is 0 Å². The highest BCUT2D eigenvalue weighted by Crippen LogP contribution is 2.32. The average molecular weight is 290 g/mol. The molecule has 1 aromatic rings. The molecular weight excluding hydrogens is 263 g/mol. The Balaban J connectivity index is 1.91. The van der Waals surface area contributed by atoms with Gasteiger partial charge in [0, 0.05) is 30.9 Å². The molecule has 116 valence electrons. The fourth-order valence-corrected chi connectivity index (χ4v) is 3.95. The lowest BCUT2D eigenvalue weighted by atomic mass is 9.91. The first-order valence-electron chi connectivity index (χ1n) is 8.33. The van der Waals surface area contributed by atoms with E-state index < -0.39 is 0 Å². The summed E-state index contributed by atoms with van der Waals surface area (Å²) in [5, 5.41) is 0. The summed E-state index contributed by atoms with van der Waals surface area (Å²) in [7, 11) is 0. The second kappa shape index (κ2) is 5.96. The Morgan fingerprint density at radius 2 is 2.00 bits per heavy atom. The Labute approximate surface area is 127 Å². The number of hydrogen-bond donors (Lipinski definition) is 0. The molecule has 2 heterocycles. The molecule has 0 spiro atoms. The molecule has 0 N–H and O–H groups in total. The number of rotatable bonds is 2. The minimum atomic E-state index is -0.121. The third kappa shape index (κ3) is 2.94. The van der Waals surface area contributed by atoms with E-state index in [0.717, 1.165) is 18.8 Å². The Hall–Kier alpha value is -1.09. The summed E-state index contributed by atoms with van der Waals surface area (Å²) in [6, 6.07) is 6.34. The summed E-state index contributed by atoms with van der Waals surface area (Å²) in [6.07, 6.45) is 3.96. The van der Waals surface area contributed by atoms with Crippen molar-refractivity contribution < 1.29 is 4.39 Å². The number of hydrogen-bond acceptors (Lipinski definition) is 2. The Kier molecular flexibility index (Phi) is 4.21. The lowest BCUT2D eigenvalue weighted by molar-refractivity contribution is 0.100. The van der Waals surface area contributed by atoms with E-state index in [1.165, 1.54) is 31.4 Å². The molecule has 0 aliphatic carbocycles. The van der Waals surface area contributed by atoms with Crippen LogP contribution in [0.1, 0.15) is 38.7 Å². The van der Waals surface area contributed by atoms with Crippen LogP contribution in [-0.4, -0.2) is 36.6 Å². The van der Waals surface area contributed by atoms with Crippen LogP contribution >= 0.6 is 0 Å². The maximum Gasteiger partial charge on any atom is 0.125 e. The normalized spacial score (nSPS) is 27.0. The number of benzene rings is 1. The summed E-state index contributed by atoms with van der Waals surface area (Å²) in [4.78, 5) is 5.15. The maximum absolute atomic E-state index is 13.7. The van der Waals surface area contributed by atoms with Crippen LogP contribution < -0.4 is 4.90 Å². The minimum absolute atomic E-state index is 0.121. The van der Waals surface area contributed by atoms with Crippen LogP contribution in [-0.2, 0) is 0 Å². The van der Waals surface area contributed by atoms with Crippen molar-refractivity contribution in [3.8, 4) is 0 Å². The standard InChI is InChI=1S/C18H27FN2/c1-13(2)18-12-20-9-5-4-6-16(20)11-21(18)17-10-15(19)8-7-14(17)3/h7-8,10,13,16,18H,4-6,9,11-12H2,1-3H3. The fraction of sp³-hybridized carbons (Fsp3) is 0.667. The van der Waals surface area contributed by atoms with Crippen molar-refractivity contribution in [1.82, 2.24) is 4.90 Å². The zero-order valence-corrected chi connectivity index (χ0v) is 13.5. The molecule has 2 aliphatic rings. The highest BCUT2D eigenvalue weighted by atomic mass is 19.1. The molecule has 0 radical (unpaired) electrons. The lowest BCUT2D eigenvalue weighted by Gasteiger charge is -2.51. The zero-order chi connectivity index (χ0) is 15.0. The van der Waals surface area contributed by atoms with Crippen molar-refractivity contribution in [2.75, 3.05) is 24.5 Å². The molecule has 1 aromatic carbocycles. The fourth-order valence-electron chi connectivity index (χ4n) is 3.95. The van der Waals surface area contributed by atoms with Gasteiger partial charge < -0.3 is 4.90 Å². The maximum atomic E-state index is 13.7. The Bertz CT molecular complexity index is 500. The monoisotopic (exact) mass is 290 g/mol. The van der Waals surface area contributed by atoms with Crippen molar-refractivity contribution >= 4 is 5.69 Å². The largest absolute Gasteiger partial charge is 0.365 e. The Morgan fingerprint density at radius 1 is 1.19 bits per heavy atom. The van der Waals surface area contributed by atoms with E-state index in [1.807, 2.05) is 6.07 Å². The summed E-state index contributed by atoms with van der Waals surface area (Å²) in [6.45, 7) is 10.1. The minimum Gasteiger partial charge on any atom is -0.365 e. The quantitative estimate of drug-likeness (QED) is 0.816.